The normalized spacial score (nSPS) is 22.1. The Labute approximate surface area is 119 Å². The fourth-order valence-corrected chi connectivity index (χ4v) is 2.96. The SMILES string of the molecule is N#Cc1ccc(F)c(CN(CC2CCCN2)C2CC2)c1. The molecule has 1 unspecified atom stereocenters. The summed E-state index contributed by atoms with van der Waals surface area (Å²) in [5.41, 5.74) is 1.19. The number of nitrogens with one attached hydrogen (secondary N) is 1. The molecule has 1 saturated heterocycles. The summed E-state index contributed by atoms with van der Waals surface area (Å²) in [5.74, 6) is -0.200. The van der Waals surface area contributed by atoms with Crippen LogP contribution in [-0.4, -0.2) is 30.1 Å². The summed E-state index contributed by atoms with van der Waals surface area (Å²) >= 11 is 0. The van der Waals surface area contributed by atoms with Crippen LogP contribution in [0.25, 0.3) is 0 Å². The van der Waals surface area contributed by atoms with E-state index in [-0.39, 0.29) is 5.82 Å². The third-order valence-corrected chi connectivity index (χ3v) is 4.23. The number of nitriles is 1. The van der Waals surface area contributed by atoms with Crippen molar-refractivity contribution in [3.05, 3.63) is 35.1 Å². The molecule has 1 atom stereocenters. The van der Waals surface area contributed by atoms with Crippen LogP contribution in [0, 0.1) is 17.1 Å². The van der Waals surface area contributed by atoms with Gasteiger partial charge in [0.15, 0.2) is 0 Å². The average Bonchev–Trinajstić information content (AvgIpc) is 3.18. The minimum absolute atomic E-state index is 0.200. The molecule has 3 nitrogen and oxygen atoms in total. The van der Waals surface area contributed by atoms with Crippen LogP contribution in [0.2, 0.25) is 0 Å². The summed E-state index contributed by atoms with van der Waals surface area (Å²) in [7, 11) is 0. The maximum absolute atomic E-state index is 13.9. The molecule has 1 heterocycles. The number of halogens is 1. The number of benzene rings is 1. The molecule has 1 saturated carbocycles. The Morgan fingerprint density at radius 3 is 2.85 bits per heavy atom. The Balaban J connectivity index is 1.71. The lowest BCUT2D eigenvalue weighted by molar-refractivity contribution is 0.228. The Bertz CT molecular complexity index is 513. The van der Waals surface area contributed by atoms with Gasteiger partial charge in [-0.3, -0.25) is 4.90 Å². The van der Waals surface area contributed by atoms with Crippen molar-refractivity contribution >= 4 is 0 Å². The topological polar surface area (TPSA) is 39.1 Å². The van der Waals surface area contributed by atoms with Crippen molar-refractivity contribution in [2.45, 2.75) is 44.3 Å². The monoisotopic (exact) mass is 273 g/mol. The van der Waals surface area contributed by atoms with Gasteiger partial charge < -0.3 is 5.32 Å². The molecule has 2 fully saturated rings. The third-order valence-electron chi connectivity index (χ3n) is 4.23. The molecule has 1 aromatic rings. The van der Waals surface area contributed by atoms with E-state index in [1.807, 2.05) is 0 Å². The number of nitrogens with zero attached hydrogens (tertiary/aromatic N) is 2. The standard InChI is InChI=1S/C16H20FN3/c17-16-6-3-12(9-18)8-13(16)10-20(15-4-5-15)11-14-2-1-7-19-14/h3,6,8,14-15,19H,1-2,4-5,7,10-11H2. The molecule has 20 heavy (non-hydrogen) atoms. The summed E-state index contributed by atoms with van der Waals surface area (Å²) in [5, 5.41) is 12.4. The van der Waals surface area contributed by atoms with Crippen molar-refractivity contribution in [1.29, 1.82) is 5.26 Å². The molecule has 0 bridgehead atoms. The first-order chi connectivity index (χ1) is 9.76. The first-order valence-corrected chi connectivity index (χ1v) is 7.42. The molecule has 2 aliphatic rings. The van der Waals surface area contributed by atoms with Gasteiger partial charge in [-0.2, -0.15) is 5.26 Å². The van der Waals surface area contributed by atoms with Gasteiger partial charge >= 0.3 is 0 Å². The van der Waals surface area contributed by atoms with E-state index < -0.39 is 0 Å². The first kappa shape index (κ1) is 13.5. The molecule has 1 aliphatic carbocycles. The molecule has 1 N–H and O–H groups in total. The van der Waals surface area contributed by atoms with Gasteiger partial charge in [0.05, 0.1) is 11.6 Å². The average molecular weight is 273 g/mol. The van der Waals surface area contributed by atoms with E-state index in [0.29, 0.717) is 29.8 Å². The van der Waals surface area contributed by atoms with E-state index in [4.69, 9.17) is 5.26 Å². The molecule has 1 aliphatic heterocycles. The van der Waals surface area contributed by atoms with Gasteiger partial charge in [-0.15, -0.1) is 0 Å². The zero-order valence-corrected chi connectivity index (χ0v) is 11.6. The highest BCUT2D eigenvalue weighted by atomic mass is 19.1. The van der Waals surface area contributed by atoms with Crippen LogP contribution in [0.4, 0.5) is 4.39 Å². The van der Waals surface area contributed by atoms with E-state index >= 15 is 0 Å². The predicted octanol–water partition coefficient (Wildman–Crippen LogP) is 2.41. The lowest BCUT2D eigenvalue weighted by atomic mass is 10.1. The third kappa shape index (κ3) is 3.17. The quantitative estimate of drug-likeness (QED) is 0.895. The zero-order valence-electron chi connectivity index (χ0n) is 11.6. The summed E-state index contributed by atoms with van der Waals surface area (Å²) in [6, 6.07) is 7.86. The summed E-state index contributed by atoms with van der Waals surface area (Å²) in [6.45, 7) is 2.70. The second-order valence-electron chi connectivity index (χ2n) is 5.87. The Morgan fingerprint density at radius 2 is 2.20 bits per heavy atom. The fourth-order valence-electron chi connectivity index (χ4n) is 2.96. The molecular weight excluding hydrogens is 253 g/mol. The summed E-state index contributed by atoms with van der Waals surface area (Å²) < 4.78 is 13.9. The summed E-state index contributed by atoms with van der Waals surface area (Å²) in [4.78, 5) is 2.38. The Hall–Kier alpha value is -1.44. The first-order valence-electron chi connectivity index (χ1n) is 7.42. The van der Waals surface area contributed by atoms with Crippen LogP contribution in [0.1, 0.15) is 36.8 Å². The number of rotatable bonds is 5. The van der Waals surface area contributed by atoms with E-state index in [9.17, 15) is 4.39 Å². The van der Waals surface area contributed by atoms with E-state index in [0.717, 1.165) is 13.1 Å². The van der Waals surface area contributed by atoms with Crippen molar-refractivity contribution in [3.8, 4) is 6.07 Å². The molecule has 4 heteroatoms. The molecule has 0 spiro atoms. The van der Waals surface area contributed by atoms with Gasteiger partial charge in [0.25, 0.3) is 0 Å². The van der Waals surface area contributed by atoms with Crippen molar-refractivity contribution < 1.29 is 4.39 Å². The van der Waals surface area contributed by atoms with Gasteiger partial charge in [0.1, 0.15) is 5.82 Å². The molecule has 106 valence electrons. The minimum Gasteiger partial charge on any atom is -0.313 e. The van der Waals surface area contributed by atoms with Crippen molar-refractivity contribution in [1.82, 2.24) is 10.2 Å². The number of hydrogen-bond acceptors (Lipinski definition) is 3. The number of hydrogen-bond donors (Lipinski definition) is 1. The van der Waals surface area contributed by atoms with Gasteiger partial charge in [0, 0.05) is 30.7 Å². The maximum atomic E-state index is 13.9. The molecule has 3 rings (SSSR count). The second-order valence-corrected chi connectivity index (χ2v) is 5.87. The molecule has 0 aromatic heterocycles. The molecule has 0 radical (unpaired) electrons. The highest BCUT2D eigenvalue weighted by molar-refractivity contribution is 5.33. The van der Waals surface area contributed by atoms with Crippen molar-refractivity contribution in [2.75, 3.05) is 13.1 Å². The van der Waals surface area contributed by atoms with Gasteiger partial charge in [0.2, 0.25) is 0 Å². The predicted molar refractivity (Wildman–Crippen MR) is 75.6 cm³/mol. The van der Waals surface area contributed by atoms with Gasteiger partial charge in [-0.25, -0.2) is 4.39 Å². The van der Waals surface area contributed by atoms with Gasteiger partial charge in [-0.1, -0.05) is 0 Å². The Kier molecular flexibility index (Phi) is 4.00. The van der Waals surface area contributed by atoms with E-state index in [2.05, 4.69) is 16.3 Å². The van der Waals surface area contributed by atoms with E-state index in [1.54, 1.807) is 12.1 Å². The summed E-state index contributed by atoms with van der Waals surface area (Å²) in [6.07, 6.45) is 4.88. The van der Waals surface area contributed by atoms with Crippen LogP contribution < -0.4 is 5.32 Å². The van der Waals surface area contributed by atoms with Crippen LogP contribution in [0.3, 0.4) is 0 Å². The van der Waals surface area contributed by atoms with Crippen LogP contribution in [0.15, 0.2) is 18.2 Å². The highest BCUT2D eigenvalue weighted by Gasteiger charge is 2.31. The van der Waals surface area contributed by atoms with Gasteiger partial charge in [-0.05, 0) is 50.4 Å². The minimum atomic E-state index is -0.200. The molecule has 0 amide bonds. The van der Waals surface area contributed by atoms with Crippen LogP contribution in [-0.2, 0) is 6.54 Å². The molecular formula is C16H20FN3. The lowest BCUT2D eigenvalue weighted by Crippen LogP contribution is -2.38. The van der Waals surface area contributed by atoms with E-state index in [1.165, 1.54) is 31.7 Å². The second kappa shape index (κ2) is 5.90. The van der Waals surface area contributed by atoms with Crippen molar-refractivity contribution in [3.63, 3.8) is 0 Å². The fraction of sp³-hybridized carbons (Fsp3) is 0.562. The zero-order chi connectivity index (χ0) is 13.9. The van der Waals surface area contributed by atoms with Crippen LogP contribution >= 0.6 is 0 Å². The molecule has 1 aromatic carbocycles. The largest absolute Gasteiger partial charge is 0.313 e. The highest BCUT2D eigenvalue weighted by Crippen LogP contribution is 2.29. The van der Waals surface area contributed by atoms with Crippen molar-refractivity contribution in [2.24, 2.45) is 0 Å². The smallest absolute Gasteiger partial charge is 0.127 e. The maximum Gasteiger partial charge on any atom is 0.127 e. The lowest BCUT2D eigenvalue weighted by Gasteiger charge is -2.25. The van der Waals surface area contributed by atoms with Crippen LogP contribution in [0.5, 0.6) is 0 Å². The Morgan fingerprint density at radius 1 is 1.35 bits per heavy atom.